The second-order valence-corrected chi connectivity index (χ2v) is 3.31. The van der Waals surface area contributed by atoms with Crippen LogP contribution in [0.25, 0.3) is 0 Å². The lowest BCUT2D eigenvalue weighted by molar-refractivity contribution is 0.401. The summed E-state index contributed by atoms with van der Waals surface area (Å²) < 4.78 is 18.7. The summed E-state index contributed by atoms with van der Waals surface area (Å²) in [7, 11) is 1.49. The van der Waals surface area contributed by atoms with Crippen molar-refractivity contribution in [3.05, 3.63) is 29.1 Å². The zero-order chi connectivity index (χ0) is 10.7. The van der Waals surface area contributed by atoms with Crippen LogP contribution < -0.4 is 4.74 Å². The zero-order valence-electron chi connectivity index (χ0n) is 8.47. The third kappa shape index (κ3) is 1.69. The lowest BCUT2D eigenvalue weighted by Gasteiger charge is -2.13. The summed E-state index contributed by atoms with van der Waals surface area (Å²) in [5, 5.41) is 8.66. The number of hydrogen-bond donors (Lipinski definition) is 0. The first-order valence-electron chi connectivity index (χ1n) is 4.38. The summed E-state index contributed by atoms with van der Waals surface area (Å²) in [6, 6.07) is 4.86. The number of ether oxygens (including phenoxy) is 1. The van der Waals surface area contributed by atoms with E-state index < -0.39 is 5.82 Å². The minimum atomic E-state index is -0.471. The number of halogens is 1. The van der Waals surface area contributed by atoms with Gasteiger partial charge in [-0.25, -0.2) is 4.39 Å². The van der Waals surface area contributed by atoms with Crippen LogP contribution in [0.1, 0.15) is 30.9 Å². The van der Waals surface area contributed by atoms with Crippen LogP contribution in [0.5, 0.6) is 5.75 Å². The predicted octanol–water partition coefficient (Wildman–Crippen LogP) is 2.83. The molecule has 0 aliphatic heterocycles. The number of nitrogens with zero attached hydrogens (tertiary/aromatic N) is 1. The molecule has 0 bridgehead atoms. The van der Waals surface area contributed by atoms with Crippen molar-refractivity contribution >= 4 is 0 Å². The Morgan fingerprint density at radius 2 is 2.07 bits per heavy atom. The number of methoxy groups -OCH3 is 1. The molecule has 2 nitrogen and oxygen atoms in total. The van der Waals surface area contributed by atoms with E-state index in [-0.39, 0.29) is 11.5 Å². The van der Waals surface area contributed by atoms with Crippen molar-refractivity contribution in [3.8, 4) is 11.8 Å². The molecular formula is C11H12FNO. The van der Waals surface area contributed by atoms with Gasteiger partial charge in [-0.1, -0.05) is 13.8 Å². The quantitative estimate of drug-likeness (QED) is 0.723. The molecule has 0 spiro atoms. The third-order valence-electron chi connectivity index (χ3n) is 2.06. The monoisotopic (exact) mass is 193 g/mol. The van der Waals surface area contributed by atoms with Crippen molar-refractivity contribution in [1.82, 2.24) is 0 Å². The van der Waals surface area contributed by atoms with Gasteiger partial charge in [-0.15, -0.1) is 0 Å². The molecule has 0 aliphatic rings. The van der Waals surface area contributed by atoms with Gasteiger partial charge in [0.2, 0.25) is 0 Å². The fraction of sp³-hybridized carbons (Fsp3) is 0.364. The van der Waals surface area contributed by atoms with E-state index in [1.54, 1.807) is 6.07 Å². The van der Waals surface area contributed by atoms with Crippen molar-refractivity contribution in [2.75, 3.05) is 7.11 Å². The summed E-state index contributed by atoms with van der Waals surface area (Å²) in [5.41, 5.74) is 0.529. The van der Waals surface area contributed by atoms with E-state index >= 15 is 0 Å². The maximum absolute atomic E-state index is 13.7. The predicted molar refractivity (Wildman–Crippen MR) is 51.8 cm³/mol. The molecule has 14 heavy (non-hydrogen) atoms. The molecule has 0 aliphatic carbocycles. The molecule has 0 saturated carbocycles. The lowest BCUT2D eigenvalue weighted by atomic mass is 9.99. The molecular weight excluding hydrogens is 181 g/mol. The van der Waals surface area contributed by atoms with Crippen LogP contribution in [-0.4, -0.2) is 7.11 Å². The summed E-state index contributed by atoms with van der Waals surface area (Å²) in [6.45, 7) is 3.73. The second kappa shape index (κ2) is 4.10. The lowest BCUT2D eigenvalue weighted by Crippen LogP contribution is -2.00. The molecule has 0 aromatic heterocycles. The highest BCUT2D eigenvalue weighted by atomic mass is 19.1. The Balaban J connectivity index is 3.41. The number of hydrogen-bond acceptors (Lipinski definition) is 2. The van der Waals surface area contributed by atoms with Crippen LogP contribution in [0.3, 0.4) is 0 Å². The standard InChI is InChI=1S/C11H12FNO/c1-7(2)10-9(14-3)5-4-8(6-13)11(10)12/h4-5,7H,1-3H3. The topological polar surface area (TPSA) is 33.0 Å². The van der Waals surface area contributed by atoms with E-state index in [2.05, 4.69) is 0 Å². The van der Waals surface area contributed by atoms with Gasteiger partial charge in [0.1, 0.15) is 17.6 Å². The van der Waals surface area contributed by atoms with Gasteiger partial charge in [0.05, 0.1) is 12.7 Å². The number of rotatable bonds is 2. The van der Waals surface area contributed by atoms with Gasteiger partial charge in [0, 0.05) is 5.56 Å². The van der Waals surface area contributed by atoms with Gasteiger partial charge in [-0.05, 0) is 18.1 Å². The summed E-state index contributed by atoms with van der Waals surface area (Å²) in [6.07, 6.45) is 0. The molecule has 0 atom stereocenters. The Kier molecular flexibility index (Phi) is 3.08. The van der Waals surface area contributed by atoms with E-state index in [9.17, 15) is 4.39 Å². The fourth-order valence-electron chi connectivity index (χ4n) is 1.38. The smallest absolute Gasteiger partial charge is 0.148 e. The van der Waals surface area contributed by atoms with Crippen LogP contribution in [-0.2, 0) is 0 Å². The zero-order valence-corrected chi connectivity index (χ0v) is 8.47. The first kappa shape index (κ1) is 10.5. The molecule has 0 fully saturated rings. The minimum Gasteiger partial charge on any atom is -0.496 e. The summed E-state index contributed by atoms with van der Waals surface area (Å²) in [5.74, 6) is 0.0246. The van der Waals surface area contributed by atoms with E-state index in [1.807, 2.05) is 19.9 Å². The Hall–Kier alpha value is -1.56. The SMILES string of the molecule is COc1ccc(C#N)c(F)c1C(C)C. The highest BCUT2D eigenvalue weighted by molar-refractivity contribution is 5.45. The first-order valence-corrected chi connectivity index (χ1v) is 4.38. The molecule has 0 radical (unpaired) electrons. The van der Waals surface area contributed by atoms with Crippen molar-refractivity contribution in [3.63, 3.8) is 0 Å². The average molecular weight is 193 g/mol. The Labute approximate surface area is 82.9 Å². The molecule has 0 amide bonds. The average Bonchev–Trinajstić information content (AvgIpc) is 2.16. The van der Waals surface area contributed by atoms with Crippen molar-refractivity contribution in [2.45, 2.75) is 19.8 Å². The Morgan fingerprint density at radius 1 is 1.43 bits per heavy atom. The molecule has 1 aromatic rings. The molecule has 0 unspecified atom stereocenters. The van der Waals surface area contributed by atoms with E-state index in [4.69, 9.17) is 10.00 Å². The Bertz CT molecular complexity index is 380. The summed E-state index contributed by atoms with van der Waals surface area (Å²) >= 11 is 0. The van der Waals surface area contributed by atoms with E-state index in [0.29, 0.717) is 11.3 Å². The minimum absolute atomic E-state index is 0.00162. The third-order valence-corrected chi connectivity index (χ3v) is 2.06. The van der Waals surface area contributed by atoms with Gasteiger partial charge in [-0.3, -0.25) is 0 Å². The van der Waals surface area contributed by atoms with Crippen LogP contribution in [0, 0.1) is 17.1 Å². The molecule has 3 heteroatoms. The maximum Gasteiger partial charge on any atom is 0.148 e. The summed E-state index contributed by atoms with van der Waals surface area (Å²) in [4.78, 5) is 0. The highest BCUT2D eigenvalue weighted by Crippen LogP contribution is 2.30. The van der Waals surface area contributed by atoms with Crippen molar-refractivity contribution < 1.29 is 9.13 Å². The number of nitriles is 1. The van der Waals surface area contributed by atoms with Gasteiger partial charge in [-0.2, -0.15) is 5.26 Å². The van der Waals surface area contributed by atoms with Gasteiger partial charge in [0.15, 0.2) is 0 Å². The van der Waals surface area contributed by atoms with Crippen LogP contribution in [0.4, 0.5) is 4.39 Å². The van der Waals surface area contributed by atoms with Crippen molar-refractivity contribution in [2.24, 2.45) is 0 Å². The number of benzene rings is 1. The van der Waals surface area contributed by atoms with Gasteiger partial charge < -0.3 is 4.74 Å². The van der Waals surface area contributed by atoms with Gasteiger partial charge in [0.25, 0.3) is 0 Å². The van der Waals surface area contributed by atoms with E-state index in [0.717, 1.165) is 0 Å². The molecule has 1 aromatic carbocycles. The Morgan fingerprint density at radius 3 is 2.50 bits per heavy atom. The molecule has 1 rings (SSSR count). The molecule has 0 heterocycles. The largest absolute Gasteiger partial charge is 0.496 e. The van der Waals surface area contributed by atoms with Crippen molar-refractivity contribution in [1.29, 1.82) is 5.26 Å². The van der Waals surface area contributed by atoms with Crippen LogP contribution >= 0.6 is 0 Å². The fourth-order valence-corrected chi connectivity index (χ4v) is 1.38. The van der Waals surface area contributed by atoms with Crippen LogP contribution in [0.15, 0.2) is 12.1 Å². The first-order chi connectivity index (χ1) is 6.61. The molecule has 74 valence electrons. The van der Waals surface area contributed by atoms with Gasteiger partial charge >= 0.3 is 0 Å². The second-order valence-electron chi connectivity index (χ2n) is 3.31. The molecule has 0 N–H and O–H groups in total. The van der Waals surface area contributed by atoms with E-state index in [1.165, 1.54) is 13.2 Å². The highest BCUT2D eigenvalue weighted by Gasteiger charge is 2.16. The normalized spacial score (nSPS) is 10.0. The van der Waals surface area contributed by atoms with Crippen LogP contribution in [0.2, 0.25) is 0 Å². The molecule has 0 saturated heterocycles. The maximum atomic E-state index is 13.7.